The van der Waals surface area contributed by atoms with Crippen molar-refractivity contribution in [2.24, 2.45) is 9.98 Å². The molecule has 0 atom stereocenters. The second kappa shape index (κ2) is 16.5. The van der Waals surface area contributed by atoms with Crippen molar-refractivity contribution in [3.8, 4) is 23.0 Å². The van der Waals surface area contributed by atoms with Crippen LogP contribution in [0, 0.1) is 0 Å². The molecule has 0 heterocycles. The zero-order chi connectivity index (χ0) is 35.4. The van der Waals surface area contributed by atoms with Crippen LogP contribution in [0.25, 0.3) is 0 Å². The molecule has 252 valence electrons. The molecule has 0 aliphatic rings. The molecule has 6 aromatic carbocycles. The van der Waals surface area contributed by atoms with E-state index in [-0.39, 0.29) is 0 Å². The molecule has 0 aliphatic heterocycles. The van der Waals surface area contributed by atoms with Gasteiger partial charge in [-0.25, -0.2) is 9.59 Å². The molecule has 8 heteroatoms. The van der Waals surface area contributed by atoms with E-state index in [0.29, 0.717) is 29.0 Å². The van der Waals surface area contributed by atoms with Crippen molar-refractivity contribution in [1.29, 1.82) is 0 Å². The molecule has 0 saturated heterocycles. The van der Waals surface area contributed by atoms with Crippen LogP contribution in [0.4, 0.5) is 11.4 Å². The molecule has 0 N–H and O–H groups in total. The van der Waals surface area contributed by atoms with Crippen LogP contribution in [0.5, 0.6) is 23.0 Å². The zero-order valence-corrected chi connectivity index (χ0v) is 28.1. The van der Waals surface area contributed by atoms with Gasteiger partial charge >= 0.3 is 11.9 Å². The maximum atomic E-state index is 12.7. The monoisotopic (exact) mass is 674 g/mol. The van der Waals surface area contributed by atoms with Crippen molar-refractivity contribution in [2.75, 3.05) is 14.2 Å². The van der Waals surface area contributed by atoms with Gasteiger partial charge in [-0.15, -0.1) is 0 Å². The minimum atomic E-state index is -0.451. The molecule has 0 amide bonds. The van der Waals surface area contributed by atoms with Crippen molar-refractivity contribution in [3.05, 3.63) is 179 Å². The predicted octanol–water partition coefficient (Wildman–Crippen LogP) is 9.23. The zero-order valence-electron chi connectivity index (χ0n) is 28.1. The van der Waals surface area contributed by atoms with Gasteiger partial charge in [-0.3, -0.25) is 9.98 Å². The average Bonchev–Trinajstić information content (AvgIpc) is 3.18. The Balaban J connectivity index is 0.965. The van der Waals surface area contributed by atoms with Crippen LogP contribution >= 0.6 is 0 Å². The largest absolute Gasteiger partial charge is 0.497 e. The van der Waals surface area contributed by atoms with Gasteiger partial charge in [-0.05, 0) is 150 Å². The molecule has 51 heavy (non-hydrogen) atoms. The molecule has 0 fully saturated rings. The van der Waals surface area contributed by atoms with E-state index < -0.39 is 11.9 Å². The minimum Gasteiger partial charge on any atom is -0.497 e. The number of rotatable bonds is 12. The number of methoxy groups -OCH3 is 2. The third-order valence-electron chi connectivity index (χ3n) is 7.84. The highest BCUT2D eigenvalue weighted by Crippen LogP contribution is 2.22. The summed E-state index contributed by atoms with van der Waals surface area (Å²) in [7, 11) is 3.25. The summed E-state index contributed by atoms with van der Waals surface area (Å²) >= 11 is 0. The van der Waals surface area contributed by atoms with Crippen LogP contribution in [0.15, 0.2) is 156 Å². The van der Waals surface area contributed by atoms with Gasteiger partial charge in [-0.2, -0.15) is 0 Å². The first-order valence-electron chi connectivity index (χ1n) is 16.1. The fourth-order valence-corrected chi connectivity index (χ4v) is 4.96. The lowest BCUT2D eigenvalue weighted by atomic mass is 10.0. The van der Waals surface area contributed by atoms with Crippen LogP contribution in [-0.2, 0) is 6.42 Å². The van der Waals surface area contributed by atoms with Crippen LogP contribution in [-0.4, -0.2) is 38.6 Å². The molecule has 0 saturated carbocycles. The summed E-state index contributed by atoms with van der Waals surface area (Å²) in [4.78, 5) is 34.4. The van der Waals surface area contributed by atoms with Crippen LogP contribution < -0.4 is 18.9 Å². The van der Waals surface area contributed by atoms with Crippen molar-refractivity contribution in [2.45, 2.75) is 6.42 Å². The van der Waals surface area contributed by atoms with Gasteiger partial charge in [-0.1, -0.05) is 24.3 Å². The van der Waals surface area contributed by atoms with Gasteiger partial charge in [0.05, 0.1) is 36.7 Å². The Hall–Kier alpha value is -6.80. The first-order valence-corrected chi connectivity index (χ1v) is 16.1. The molecule has 8 nitrogen and oxygen atoms in total. The number of carbonyl (C=O) groups is 2. The first-order chi connectivity index (χ1) is 24.9. The number of aliphatic imine (C=N–C) groups is 2. The SMILES string of the molecule is COc1ccc(C=Nc2ccc(C(=O)Oc3ccc(Cc4ccc(OC(=O)c5ccc(N=Cc6ccc(OC)cc6)cc5)cc4)cc3)cc2)cc1. The molecule has 0 aliphatic carbocycles. The number of carbonyl (C=O) groups excluding carboxylic acids is 2. The molecule has 0 aromatic heterocycles. The molecule has 0 unspecified atom stereocenters. The highest BCUT2D eigenvalue weighted by atomic mass is 16.5. The standard InChI is InChI=1S/C43H34N2O6/c1-48-38-19-7-32(8-20-38)28-44-36-15-11-34(12-16-36)42(46)50-40-23-3-30(4-24-40)27-31-5-25-41(26-6-31)51-43(47)35-13-17-37(18-14-35)45-29-33-9-21-39(49-2)22-10-33/h3-26,28-29H,27H2,1-2H3. The van der Waals surface area contributed by atoms with E-state index in [0.717, 1.165) is 45.1 Å². The molecular formula is C43H34N2O6. The van der Waals surface area contributed by atoms with E-state index >= 15 is 0 Å². The van der Waals surface area contributed by atoms with Gasteiger partial charge in [0.25, 0.3) is 0 Å². The van der Waals surface area contributed by atoms with Crippen molar-refractivity contribution in [3.63, 3.8) is 0 Å². The molecule has 6 rings (SSSR count). The van der Waals surface area contributed by atoms with Gasteiger partial charge in [0.1, 0.15) is 23.0 Å². The van der Waals surface area contributed by atoms with Gasteiger partial charge in [0.15, 0.2) is 0 Å². The normalized spacial score (nSPS) is 11.0. The summed E-state index contributed by atoms with van der Waals surface area (Å²) < 4.78 is 21.5. The summed E-state index contributed by atoms with van der Waals surface area (Å²) in [5.41, 5.74) is 6.24. The third-order valence-corrected chi connectivity index (χ3v) is 7.84. The molecular weight excluding hydrogens is 640 g/mol. The highest BCUT2D eigenvalue weighted by molar-refractivity contribution is 5.92. The summed E-state index contributed by atoms with van der Waals surface area (Å²) in [6.07, 6.45) is 4.16. The third kappa shape index (κ3) is 9.64. The van der Waals surface area contributed by atoms with Crippen molar-refractivity contribution in [1.82, 2.24) is 0 Å². The van der Waals surface area contributed by atoms with Crippen molar-refractivity contribution < 1.29 is 28.5 Å². The van der Waals surface area contributed by atoms with E-state index in [4.69, 9.17) is 18.9 Å². The summed E-state index contributed by atoms with van der Waals surface area (Å²) in [5, 5.41) is 0. The Morgan fingerprint density at radius 2 is 0.784 bits per heavy atom. The fraction of sp³-hybridized carbons (Fsp3) is 0.0698. The molecule has 0 radical (unpaired) electrons. The van der Waals surface area contributed by atoms with E-state index in [1.165, 1.54) is 0 Å². The molecule has 0 bridgehead atoms. The number of hydrogen-bond donors (Lipinski definition) is 0. The quantitative estimate of drug-likeness (QED) is 0.0730. The second-order valence-corrected chi connectivity index (χ2v) is 11.4. The lowest BCUT2D eigenvalue weighted by Gasteiger charge is -2.08. The Morgan fingerprint density at radius 1 is 0.451 bits per heavy atom. The average molecular weight is 675 g/mol. The lowest BCUT2D eigenvalue weighted by Crippen LogP contribution is -2.08. The van der Waals surface area contributed by atoms with Gasteiger partial charge < -0.3 is 18.9 Å². The van der Waals surface area contributed by atoms with Crippen LogP contribution in [0.3, 0.4) is 0 Å². The molecule has 0 spiro atoms. The maximum absolute atomic E-state index is 12.7. The minimum absolute atomic E-state index is 0.426. The summed E-state index contributed by atoms with van der Waals surface area (Å²) in [5.74, 6) is 1.56. The number of ether oxygens (including phenoxy) is 4. The molecule has 6 aromatic rings. The fourth-order valence-electron chi connectivity index (χ4n) is 4.96. The topological polar surface area (TPSA) is 95.8 Å². The van der Waals surface area contributed by atoms with Crippen LogP contribution in [0.2, 0.25) is 0 Å². The lowest BCUT2D eigenvalue weighted by molar-refractivity contribution is 0.0725. The van der Waals surface area contributed by atoms with E-state index in [2.05, 4.69) is 9.98 Å². The first kappa shape index (κ1) is 34.1. The van der Waals surface area contributed by atoms with E-state index in [1.807, 2.05) is 72.8 Å². The van der Waals surface area contributed by atoms with Crippen molar-refractivity contribution >= 4 is 35.7 Å². The maximum Gasteiger partial charge on any atom is 0.343 e. The number of esters is 2. The Bertz CT molecular complexity index is 1960. The number of hydrogen-bond acceptors (Lipinski definition) is 8. The van der Waals surface area contributed by atoms with Gasteiger partial charge in [0, 0.05) is 12.4 Å². The van der Waals surface area contributed by atoms with Gasteiger partial charge in [0.2, 0.25) is 0 Å². The Labute approximate surface area is 296 Å². The number of benzene rings is 6. The Morgan fingerprint density at radius 3 is 1.12 bits per heavy atom. The smallest absolute Gasteiger partial charge is 0.343 e. The second-order valence-electron chi connectivity index (χ2n) is 11.4. The number of nitrogens with zero attached hydrogens (tertiary/aromatic N) is 2. The van der Waals surface area contributed by atoms with E-state index in [9.17, 15) is 9.59 Å². The van der Waals surface area contributed by atoms with Crippen LogP contribution in [0.1, 0.15) is 43.0 Å². The summed E-state index contributed by atoms with van der Waals surface area (Å²) in [6.45, 7) is 0. The highest BCUT2D eigenvalue weighted by Gasteiger charge is 2.11. The van der Waals surface area contributed by atoms with E-state index in [1.54, 1.807) is 99.4 Å². The Kier molecular flexibility index (Phi) is 11.1. The predicted molar refractivity (Wildman–Crippen MR) is 199 cm³/mol. The summed E-state index contributed by atoms with van der Waals surface area (Å²) in [6, 6.07) is 43.7.